The summed E-state index contributed by atoms with van der Waals surface area (Å²) in [5.74, 6) is -0.0420. The lowest BCUT2D eigenvalue weighted by molar-refractivity contribution is -0.181. The molecule has 2 saturated carbocycles. The second-order valence-electron chi connectivity index (χ2n) is 12.5. The van der Waals surface area contributed by atoms with E-state index in [1.54, 1.807) is 0 Å². The van der Waals surface area contributed by atoms with Crippen molar-refractivity contribution in [3.63, 3.8) is 0 Å². The van der Waals surface area contributed by atoms with Crippen LogP contribution in [0.15, 0.2) is 36.0 Å². The quantitative estimate of drug-likeness (QED) is 0.247. The fraction of sp³-hybridized carbons (Fsp3) is 0.714. The monoisotopic (exact) mass is 488 g/mol. The SMILES string of the molecule is C=C1CC[C@@H]2[C@](C)(CO[Si](C)(C)C(C)(C)C)[C@H](OC(C)=O)CC[C@@]2(C)[C@@H]1/C=C/C1=CCOC1=O. The second kappa shape index (κ2) is 9.42. The molecule has 0 aromatic rings. The highest BCUT2D eigenvalue weighted by atomic mass is 28.4. The van der Waals surface area contributed by atoms with Crippen molar-refractivity contribution in [3.05, 3.63) is 36.0 Å². The zero-order valence-corrected chi connectivity index (χ0v) is 23.5. The Morgan fingerprint density at radius 1 is 1.29 bits per heavy atom. The molecule has 5 nitrogen and oxygen atoms in total. The third-order valence-corrected chi connectivity index (χ3v) is 13.7. The lowest BCUT2D eigenvalue weighted by Gasteiger charge is -2.60. The molecule has 190 valence electrons. The van der Waals surface area contributed by atoms with Crippen molar-refractivity contribution in [1.82, 2.24) is 0 Å². The molecule has 3 rings (SSSR count). The Labute approximate surface area is 207 Å². The molecule has 0 spiro atoms. The van der Waals surface area contributed by atoms with Crippen LogP contribution >= 0.6 is 0 Å². The average Bonchev–Trinajstić information content (AvgIpc) is 3.12. The first-order valence-electron chi connectivity index (χ1n) is 12.7. The van der Waals surface area contributed by atoms with Crippen LogP contribution in [0.3, 0.4) is 0 Å². The van der Waals surface area contributed by atoms with E-state index in [1.807, 2.05) is 12.2 Å². The molecule has 2 fully saturated rings. The predicted molar refractivity (Wildman–Crippen MR) is 138 cm³/mol. The predicted octanol–water partition coefficient (Wildman–Crippen LogP) is 6.37. The molecular formula is C28H44O5Si. The molecule has 6 heteroatoms. The Hall–Kier alpha value is -1.66. The van der Waals surface area contributed by atoms with Crippen molar-refractivity contribution in [2.24, 2.45) is 22.7 Å². The summed E-state index contributed by atoms with van der Waals surface area (Å²) in [6.45, 7) is 22.8. The summed E-state index contributed by atoms with van der Waals surface area (Å²) in [6, 6.07) is 0. The molecular weight excluding hydrogens is 444 g/mol. The summed E-state index contributed by atoms with van der Waals surface area (Å²) < 4.78 is 17.8. The molecule has 0 aromatic heterocycles. The first-order chi connectivity index (χ1) is 15.6. The van der Waals surface area contributed by atoms with Crippen LogP contribution in [0.1, 0.15) is 67.2 Å². The van der Waals surface area contributed by atoms with Crippen LogP contribution in [0.5, 0.6) is 0 Å². The number of carbonyl (C=O) groups excluding carboxylic acids is 2. The van der Waals surface area contributed by atoms with Crippen LogP contribution in [0, 0.1) is 22.7 Å². The zero-order chi connectivity index (χ0) is 25.5. The Balaban J connectivity index is 1.95. The lowest BCUT2D eigenvalue weighted by Crippen LogP contribution is -2.59. The number of carbonyl (C=O) groups is 2. The van der Waals surface area contributed by atoms with Crippen molar-refractivity contribution in [2.75, 3.05) is 13.2 Å². The zero-order valence-electron chi connectivity index (χ0n) is 22.5. The number of cyclic esters (lactones) is 1. The van der Waals surface area contributed by atoms with Crippen LogP contribution in [0.25, 0.3) is 0 Å². The van der Waals surface area contributed by atoms with Crippen LogP contribution < -0.4 is 0 Å². The van der Waals surface area contributed by atoms with Gasteiger partial charge in [-0.3, -0.25) is 4.79 Å². The first kappa shape index (κ1) is 26.9. The van der Waals surface area contributed by atoms with Gasteiger partial charge in [-0.05, 0) is 61.2 Å². The Morgan fingerprint density at radius 3 is 2.53 bits per heavy atom. The summed E-state index contributed by atoms with van der Waals surface area (Å²) in [5, 5.41) is 0.105. The van der Waals surface area contributed by atoms with E-state index in [2.05, 4.69) is 60.4 Å². The molecule has 1 heterocycles. The second-order valence-corrected chi connectivity index (χ2v) is 17.4. The molecule has 34 heavy (non-hydrogen) atoms. The van der Waals surface area contributed by atoms with Crippen molar-refractivity contribution in [3.8, 4) is 0 Å². The highest BCUT2D eigenvalue weighted by molar-refractivity contribution is 6.74. The fourth-order valence-electron chi connectivity index (χ4n) is 6.11. The van der Waals surface area contributed by atoms with Gasteiger partial charge in [0.2, 0.25) is 0 Å². The van der Waals surface area contributed by atoms with E-state index in [-0.39, 0.29) is 39.8 Å². The highest BCUT2D eigenvalue weighted by Gasteiger charge is 2.59. The first-order valence-corrected chi connectivity index (χ1v) is 15.6. The lowest BCUT2D eigenvalue weighted by atomic mass is 9.46. The molecule has 0 radical (unpaired) electrons. The summed E-state index contributed by atoms with van der Waals surface area (Å²) in [6.07, 6.45) is 9.39. The summed E-state index contributed by atoms with van der Waals surface area (Å²) in [5.41, 5.74) is 1.47. The van der Waals surface area contributed by atoms with Crippen molar-refractivity contribution < 1.29 is 23.5 Å². The third-order valence-electron chi connectivity index (χ3n) is 9.26. The molecule has 0 N–H and O–H groups in total. The van der Waals surface area contributed by atoms with Gasteiger partial charge in [0.05, 0.1) is 5.57 Å². The Bertz CT molecular complexity index is 895. The number of rotatable bonds is 6. The molecule has 0 unspecified atom stereocenters. The standard InChI is InChI=1S/C28H44O5Si/c1-19-10-13-23-27(6,22(19)12-11-21-15-17-31-25(21)30)16-14-24(33-20(2)29)28(23,7)18-32-34(8,9)26(3,4)5/h11-12,15,22-24H,1,10,13-14,16-18H2,2-9H3/b12-11+/t22-,23+,24-,27+,28+/m1/s1. The maximum atomic E-state index is 12.1. The van der Waals surface area contributed by atoms with E-state index in [9.17, 15) is 9.59 Å². The van der Waals surface area contributed by atoms with Crippen molar-refractivity contribution in [2.45, 2.75) is 91.5 Å². The van der Waals surface area contributed by atoms with Gasteiger partial charge < -0.3 is 13.9 Å². The maximum Gasteiger partial charge on any atom is 0.338 e. The van der Waals surface area contributed by atoms with Gasteiger partial charge >= 0.3 is 11.9 Å². The third kappa shape index (κ3) is 4.99. The molecule has 5 atom stereocenters. The highest BCUT2D eigenvalue weighted by Crippen LogP contribution is 2.62. The largest absolute Gasteiger partial charge is 0.462 e. The van der Waals surface area contributed by atoms with E-state index in [0.717, 1.165) is 25.7 Å². The van der Waals surface area contributed by atoms with Gasteiger partial charge in [-0.1, -0.05) is 58.9 Å². The molecule has 1 aliphatic heterocycles. The topological polar surface area (TPSA) is 61.8 Å². The summed E-state index contributed by atoms with van der Waals surface area (Å²) in [4.78, 5) is 24.0. The Kier molecular flexibility index (Phi) is 7.46. The van der Waals surface area contributed by atoms with Gasteiger partial charge in [0.25, 0.3) is 0 Å². The van der Waals surface area contributed by atoms with E-state index < -0.39 is 8.32 Å². The number of fused-ring (bicyclic) bond motifs is 1. The van der Waals surface area contributed by atoms with E-state index >= 15 is 0 Å². The minimum atomic E-state index is -1.99. The normalized spacial score (nSPS) is 34.6. The number of hydrogen-bond acceptors (Lipinski definition) is 5. The van der Waals surface area contributed by atoms with Gasteiger partial charge in [0, 0.05) is 24.9 Å². The minimum Gasteiger partial charge on any atom is -0.462 e. The number of allylic oxidation sites excluding steroid dienone is 2. The van der Waals surface area contributed by atoms with Crippen LogP contribution in [-0.2, 0) is 23.5 Å². The molecule has 0 aromatic carbocycles. The van der Waals surface area contributed by atoms with Gasteiger partial charge in [-0.2, -0.15) is 0 Å². The number of hydrogen-bond donors (Lipinski definition) is 0. The van der Waals surface area contributed by atoms with Gasteiger partial charge in [0.15, 0.2) is 8.32 Å². The maximum absolute atomic E-state index is 12.1. The van der Waals surface area contributed by atoms with Gasteiger partial charge in [0.1, 0.15) is 12.7 Å². The molecule has 0 amide bonds. The molecule has 0 saturated heterocycles. The average molecular weight is 489 g/mol. The van der Waals surface area contributed by atoms with Gasteiger partial charge in [-0.15, -0.1) is 0 Å². The summed E-state index contributed by atoms with van der Waals surface area (Å²) in [7, 11) is -1.99. The number of ether oxygens (including phenoxy) is 2. The Morgan fingerprint density at radius 2 is 1.97 bits per heavy atom. The molecule has 3 aliphatic rings. The van der Waals surface area contributed by atoms with E-state index in [1.165, 1.54) is 12.5 Å². The molecule has 0 bridgehead atoms. The van der Waals surface area contributed by atoms with Crippen LogP contribution in [-0.4, -0.2) is 39.6 Å². The van der Waals surface area contributed by atoms with Gasteiger partial charge in [-0.25, -0.2) is 4.79 Å². The molecule has 2 aliphatic carbocycles. The fourth-order valence-corrected chi connectivity index (χ4v) is 7.22. The van der Waals surface area contributed by atoms with Crippen molar-refractivity contribution in [1.29, 1.82) is 0 Å². The smallest absolute Gasteiger partial charge is 0.338 e. The summed E-state index contributed by atoms with van der Waals surface area (Å²) >= 11 is 0. The number of esters is 2. The van der Waals surface area contributed by atoms with Crippen molar-refractivity contribution >= 4 is 20.3 Å². The van der Waals surface area contributed by atoms with E-state index in [0.29, 0.717) is 24.7 Å². The van der Waals surface area contributed by atoms with E-state index in [4.69, 9.17) is 13.9 Å². The van der Waals surface area contributed by atoms with Crippen LogP contribution in [0.4, 0.5) is 0 Å². The minimum absolute atomic E-state index is 0.0584. The van der Waals surface area contributed by atoms with Crippen LogP contribution in [0.2, 0.25) is 18.1 Å².